The average molecular weight is 132 g/mol. The van der Waals surface area contributed by atoms with Crippen molar-refractivity contribution < 1.29 is 4.79 Å². The first-order valence-corrected chi connectivity index (χ1v) is 2.87. The molecule has 0 fully saturated rings. The summed E-state index contributed by atoms with van der Waals surface area (Å²) in [5, 5.41) is 0.528. The van der Waals surface area contributed by atoms with E-state index in [1.54, 1.807) is 0 Å². The first-order valence-electron chi connectivity index (χ1n) is 2.42. The fourth-order valence-corrected chi connectivity index (χ4v) is 0.416. The van der Waals surface area contributed by atoms with E-state index in [0.29, 0.717) is 18.2 Å². The molecule has 0 rings (SSSR count). The van der Waals surface area contributed by atoms with Crippen molar-refractivity contribution in [3.63, 3.8) is 0 Å². The highest BCUT2D eigenvalue weighted by Gasteiger charge is 1.97. The van der Waals surface area contributed by atoms with E-state index in [1.165, 1.54) is 6.92 Å². The molecule has 2 nitrogen and oxygen atoms in total. The first kappa shape index (κ1) is 7.98. The van der Waals surface area contributed by atoms with Crippen LogP contribution in [0.5, 0.6) is 0 Å². The minimum Gasteiger partial charge on any atom is -0.315 e. The number of rotatable bonds is 3. The summed E-state index contributed by atoms with van der Waals surface area (Å²) in [6.07, 6.45) is 1.10. The van der Waals surface area contributed by atoms with E-state index in [1.807, 2.05) is 0 Å². The number of ketones is 1. The number of nitrogens with two attached hydrogens (primary N) is 1. The van der Waals surface area contributed by atoms with Crippen LogP contribution in [-0.2, 0) is 4.79 Å². The fourth-order valence-electron chi connectivity index (χ4n) is 0.304. The molecule has 1 radical (unpaired) electrons. The summed E-state index contributed by atoms with van der Waals surface area (Å²) in [7, 11) is 0. The largest absolute Gasteiger partial charge is 0.315 e. The highest BCUT2D eigenvalue weighted by molar-refractivity contribution is 7.83. The Hall–Kier alpha value is -0.0200. The van der Waals surface area contributed by atoms with Crippen molar-refractivity contribution in [3.05, 3.63) is 5.37 Å². The van der Waals surface area contributed by atoms with Gasteiger partial charge in [0.15, 0.2) is 0 Å². The van der Waals surface area contributed by atoms with Gasteiger partial charge in [-0.1, -0.05) is 0 Å². The van der Waals surface area contributed by atoms with E-state index in [-0.39, 0.29) is 5.78 Å². The van der Waals surface area contributed by atoms with Crippen LogP contribution in [0.3, 0.4) is 0 Å². The summed E-state index contributed by atoms with van der Waals surface area (Å²) in [4.78, 5) is 10.2. The molecule has 2 N–H and O–H groups in total. The van der Waals surface area contributed by atoms with E-state index in [2.05, 4.69) is 12.6 Å². The molecular weight excluding hydrogens is 122 g/mol. The Morgan fingerprint density at radius 2 is 2.12 bits per heavy atom. The Morgan fingerprint density at radius 1 is 1.62 bits per heavy atom. The molecule has 0 saturated carbocycles. The van der Waals surface area contributed by atoms with E-state index in [9.17, 15) is 4.79 Å². The van der Waals surface area contributed by atoms with Crippen LogP contribution < -0.4 is 5.73 Å². The average Bonchev–Trinajstić information content (AvgIpc) is 1.61. The Labute approximate surface area is 54.9 Å². The zero-order valence-corrected chi connectivity index (χ0v) is 5.74. The molecule has 0 aromatic heterocycles. The van der Waals surface area contributed by atoms with Gasteiger partial charge in [-0.25, -0.2) is 0 Å². The molecule has 0 aliphatic carbocycles. The van der Waals surface area contributed by atoms with E-state index in [4.69, 9.17) is 5.73 Å². The molecule has 0 atom stereocenters. The number of Topliss-reactive ketones (excluding diaryl/α,β-unsaturated/α-hetero) is 1. The Kier molecular flexibility index (Phi) is 3.91. The summed E-state index contributed by atoms with van der Waals surface area (Å²) in [6.45, 7) is 1.54. The molecule has 0 aliphatic rings. The van der Waals surface area contributed by atoms with Crippen LogP contribution >= 0.6 is 12.6 Å². The van der Waals surface area contributed by atoms with Crippen LogP contribution in [0.2, 0.25) is 0 Å². The third kappa shape index (κ3) is 5.98. The molecular formula is C5H10NOS. The lowest BCUT2D eigenvalue weighted by atomic mass is 10.2. The van der Waals surface area contributed by atoms with Gasteiger partial charge in [0.2, 0.25) is 0 Å². The first-order chi connectivity index (χ1) is 3.63. The van der Waals surface area contributed by atoms with Crippen LogP contribution in [0.4, 0.5) is 0 Å². The second kappa shape index (κ2) is 3.92. The van der Waals surface area contributed by atoms with Gasteiger partial charge in [-0.2, -0.15) is 12.6 Å². The van der Waals surface area contributed by atoms with Crippen molar-refractivity contribution in [2.75, 3.05) is 0 Å². The molecule has 0 aromatic rings. The van der Waals surface area contributed by atoms with Crippen LogP contribution in [0.1, 0.15) is 19.8 Å². The molecule has 8 heavy (non-hydrogen) atoms. The molecule has 0 unspecified atom stereocenters. The van der Waals surface area contributed by atoms with Gasteiger partial charge in [-0.15, -0.1) is 0 Å². The van der Waals surface area contributed by atoms with Crippen molar-refractivity contribution in [2.24, 2.45) is 5.73 Å². The third-order valence-corrected chi connectivity index (χ3v) is 0.957. The van der Waals surface area contributed by atoms with E-state index >= 15 is 0 Å². The summed E-state index contributed by atoms with van der Waals surface area (Å²) in [5.74, 6) is 0.155. The predicted octanol–water partition coefficient (Wildman–Crippen LogP) is 0.734. The van der Waals surface area contributed by atoms with Crippen molar-refractivity contribution >= 4 is 18.4 Å². The molecule has 47 valence electrons. The molecule has 0 heterocycles. The minimum atomic E-state index is 0.155. The maximum Gasteiger partial charge on any atom is 0.129 e. The third-order valence-electron chi connectivity index (χ3n) is 0.733. The second-order valence-electron chi connectivity index (χ2n) is 1.69. The lowest BCUT2D eigenvalue weighted by molar-refractivity contribution is -0.117. The maximum absolute atomic E-state index is 10.2. The number of carbonyl (C=O) groups excluding carboxylic acids is 1. The SMILES string of the molecule is CC(=O)CC[C](N)S. The number of carbonyl (C=O) groups is 1. The van der Waals surface area contributed by atoms with E-state index in [0.717, 1.165) is 0 Å². The molecule has 0 amide bonds. The van der Waals surface area contributed by atoms with Gasteiger partial charge in [0.25, 0.3) is 0 Å². The summed E-state index contributed by atoms with van der Waals surface area (Å²) in [6, 6.07) is 0. The van der Waals surface area contributed by atoms with Crippen LogP contribution in [-0.4, -0.2) is 5.78 Å². The van der Waals surface area contributed by atoms with Crippen molar-refractivity contribution in [3.8, 4) is 0 Å². The van der Waals surface area contributed by atoms with Gasteiger partial charge in [-0.05, 0) is 13.3 Å². The maximum atomic E-state index is 10.2. The molecule has 3 heteroatoms. The summed E-state index contributed by atoms with van der Waals surface area (Å²) >= 11 is 3.81. The van der Waals surface area contributed by atoms with Gasteiger partial charge in [0, 0.05) is 6.42 Å². The van der Waals surface area contributed by atoms with Gasteiger partial charge < -0.3 is 10.5 Å². The van der Waals surface area contributed by atoms with Crippen molar-refractivity contribution in [1.82, 2.24) is 0 Å². The summed E-state index contributed by atoms with van der Waals surface area (Å²) < 4.78 is 0. The Morgan fingerprint density at radius 3 is 2.25 bits per heavy atom. The van der Waals surface area contributed by atoms with Crippen LogP contribution in [0.25, 0.3) is 0 Å². The molecule has 0 saturated heterocycles. The van der Waals surface area contributed by atoms with Crippen molar-refractivity contribution in [1.29, 1.82) is 0 Å². The topological polar surface area (TPSA) is 43.1 Å². The van der Waals surface area contributed by atoms with Gasteiger partial charge in [-0.3, -0.25) is 0 Å². The lowest BCUT2D eigenvalue weighted by Crippen LogP contribution is -2.03. The van der Waals surface area contributed by atoms with Crippen molar-refractivity contribution in [2.45, 2.75) is 19.8 Å². The number of hydrogen-bond acceptors (Lipinski definition) is 3. The zero-order chi connectivity index (χ0) is 6.57. The molecule has 0 aromatic carbocycles. The quantitative estimate of drug-likeness (QED) is 0.556. The van der Waals surface area contributed by atoms with Crippen LogP contribution in [0.15, 0.2) is 0 Å². The van der Waals surface area contributed by atoms with Gasteiger partial charge >= 0.3 is 0 Å². The number of thiol groups is 1. The lowest BCUT2D eigenvalue weighted by Gasteiger charge is -1.97. The second-order valence-corrected chi connectivity index (χ2v) is 2.27. The highest BCUT2D eigenvalue weighted by Crippen LogP contribution is 2.04. The smallest absolute Gasteiger partial charge is 0.129 e. The Bertz CT molecular complexity index is 82.5. The monoisotopic (exact) mass is 132 g/mol. The van der Waals surface area contributed by atoms with Crippen LogP contribution in [0, 0.1) is 5.37 Å². The van der Waals surface area contributed by atoms with E-state index < -0.39 is 0 Å². The predicted molar refractivity (Wildman–Crippen MR) is 36.3 cm³/mol. The minimum absolute atomic E-state index is 0.155. The highest BCUT2D eigenvalue weighted by atomic mass is 32.1. The summed E-state index contributed by atoms with van der Waals surface area (Å²) in [5.41, 5.74) is 5.17. The fraction of sp³-hybridized carbons (Fsp3) is 0.600. The zero-order valence-electron chi connectivity index (χ0n) is 4.85. The molecule has 0 spiro atoms. The Balaban J connectivity index is 3.05. The normalized spacial score (nSPS) is 10.0. The van der Waals surface area contributed by atoms with Gasteiger partial charge in [0.05, 0.1) is 5.37 Å². The molecule has 0 bridgehead atoms. The standard InChI is InChI=1S/C5H10NOS/c1-4(7)2-3-5(6)8/h8H,2-3,6H2,1H3. The van der Waals surface area contributed by atoms with Gasteiger partial charge in [0.1, 0.15) is 5.78 Å². The number of hydrogen-bond donors (Lipinski definition) is 2. The molecule has 0 aliphatic heterocycles.